The molecule has 0 saturated carbocycles. The topological polar surface area (TPSA) is 56.1 Å². The smallest absolute Gasteiger partial charge is 0.237 e. The molecule has 1 amide bonds. The largest absolute Gasteiger partial charge is 0.316 e. The van der Waals surface area contributed by atoms with E-state index in [1.54, 1.807) is 11.3 Å². The van der Waals surface area contributed by atoms with Crippen LogP contribution in [-0.4, -0.2) is 17.4 Å². The minimum Gasteiger partial charge on any atom is -0.316 e. The van der Waals surface area contributed by atoms with Gasteiger partial charge in [-0.1, -0.05) is 91.0 Å². The Morgan fingerprint density at radius 3 is 2.12 bits per heavy atom. The van der Waals surface area contributed by atoms with Crippen LogP contribution in [0.1, 0.15) is 38.6 Å². The summed E-state index contributed by atoms with van der Waals surface area (Å²) in [7, 11) is 0. The predicted octanol–water partition coefficient (Wildman–Crippen LogP) is 5.95. The maximum Gasteiger partial charge on any atom is 0.237 e. The zero-order valence-corrected chi connectivity index (χ0v) is 19.6. The summed E-state index contributed by atoms with van der Waals surface area (Å²) in [6.45, 7) is 2.57. The zero-order chi connectivity index (χ0) is 23.3. The Kier molecular flexibility index (Phi) is 6.53. The molecule has 34 heavy (non-hydrogen) atoms. The fraction of sp³-hybridized carbons (Fsp3) is 0.172. The lowest BCUT2D eigenvalue weighted by atomic mass is 9.90. The number of rotatable bonds is 6. The molecule has 1 N–H and O–H groups in total. The van der Waals surface area contributed by atoms with Crippen LogP contribution in [0.25, 0.3) is 0 Å². The second-order valence-electron chi connectivity index (χ2n) is 8.51. The Morgan fingerprint density at radius 1 is 0.941 bits per heavy atom. The van der Waals surface area contributed by atoms with Gasteiger partial charge in [0.2, 0.25) is 5.91 Å². The second-order valence-corrected chi connectivity index (χ2v) is 9.61. The molecule has 0 radical (unpaired) electrons. The van der Waals surface area contributed by atoms with E-state index in [-0.39, 0.29) is 5.91 Å². The molecule has 0 fully saturated rings. The number of amides is 1. The molecule has 1 aliphatic heterocycles. The second kappa shape index (κ2) is 10.0. The van der Waals surface area contributed by atoms with E-state index in [2.05, 4.69) is 40.6 Å². The van der Waals surface area contributed by atoms with Gasteiger partial charge in [0.25, 0.3) is 0 Å². The van der Waals surface area contributed by atoms with Crippen LogP contribution in [-0.2, 0) is 24.3 Å². The summed E-state index contributed by atoms with van der Waals surface area (Å²) >= 11 is 1.54. The van der Waals surface area contributed by atoms with E-state index in [1.165, 1.54) is 10.4 Å². The molecule has 4 aromatic rings. The predicted molar refractivity (Wildman–Crippen MR) is 137 cm³/mol. The van der Waals surface area contributed by atoms with Crippen LogP contribution in [0.4, 0.5) is 5.00 Å². The van der Waals surface area contributed by atoms with Crippen LogP contribution in [0.3, 0.4) is 0 Å². The standard InChI is InChI=1S/C29H25N3OS/c30-18-25-24-16-17-32(19-21-10-4-1-5-11-21)20-26(24)34-29(25)31-28(33)27(22-12-6-2-7-13-22)23-14-8-3-9-15-23/h1-15,27H,16-17,19-20H2,(H,31,33). The lowest BCUT2D eigenvalue weighted by Crippen LogP contribution is -2.29. The summed E-state index contributed by atoms with van der Waals surface area (Å²) in [6.07, 6.45) is 0.818. The summed E-state index contributed by atoms with van der Waals surface area (Å²) < 4.78 is 0. The molecular weight excluding hydrogens is 438 g/mol. The third kappa shape index (κ3) is 4.65. The average molecular weight is 464 g/mol. The fourth-order valence-electron chi connectivity index (χ4n) is 4.61. The first-order valence-corrected chi connectivity index (χ1v) is 12.3. The molecule has 5 rings (SSSR count). The Balaban J connectivity index is 1.40. The minimum atomic E-state index is -0.442. The number of anilines is 1. The molecule has 0 spiro atoms. The van der Waals surface area contributed by atoms with Gasteiger partial charge in [-0.2, -0.15) is 5.26 Å². The number of carbonyl (C=O) groups excluding carboxylic acids is 1. The molecule has 0 atom stereocenters. The van der Waals surface area contributed by atoms with Crippen molar-refractivity contribution in [3.63, 3.8) is 0 Å². The number of hydrogen-bond donors (Lipinski definition) is 1. The zero-order valence-electron chi connectivity index (χ0n) is 18.8. The van der Waals surface area contributed by atoms with Crippen molar-refractivity contribution in [2.45, 2.75) is 25.4 Å². The number of benzene rings is 3. The van der Waals surface area contributed by atoms with Gasteiger partial charge in [-0.15, -0.1) is 11.3 Å². The highest BCUT2D eigenvalue weighted by Gasteiger charge is 2.28. The van der Waals surface area contributed by atoms with E-state index in [0.717, 1.165) is 42.7 Å². The molecule has 5 heteroatoms. The first-order valence-electron chi connectivity index (χ1n) is 11.4. The normalized spacial score (nSPS) is 13.3. The highest BCUT2D eigenvalue weighted by atomic mass is 32.1. The van der Waals surface area contributed by atoms with E-state index >= 15 is 0 Å². The Bertz CT molecular complexity index is 1270. The Hall–Kier alpha value is -3.72. The van der Waals surface area contributed by atoms with Crippen molar-refractivity contribution < 1.29 is 4.79 Å². The number of carbonyl (C=O) groups is 1. The van der Waals surface area contributed by atoms with Crippen LogP contribution in [0.5, 0.6) is 0 Å². The number of nitriles is 1. The van der Waals surface area contributed by atoms with E-state index in [9.17, 15) is 10.1 Å². The molecule has 1 aliphatic rings. The Morgan fingerprint density at radius 2 is 1.53 bits per heavy atom. The molecule has 1 aromatic heterocycles. The van der Waals surface area contributed by atoms with Crippen molar-refractivity contribution in [2.75, 3.05) is 11.9 Å². The number of fused-ring (bicyclic) bond motifs is 1. The maximum absolute atomic E-state index is 13.6. The SMILES string of the molecule is N#Cc1c(NC(=O)C(c2ccccc2)c2ccccc2)sc2c1CCN(Cc1ccccc1)C2. The summed E-state index contributed by atoms with van der Waals surface area (Å²) in [4.78, 5) is 17.1. The quantitative estimate of drug-likeness (QED) is 0.384. The summed E-state index contributed by atoms with van der Waals surface area (Å²) in [5.41, 5.74) is 4.85. The number of nitrogens with zero attached hydrogens (tertiary/aromatic N) is 2. The van der Waals surface area contributed by atoms with Crippen molar-refractivity contribution in [1.29, 1.82) is 5.26 Å². The number of thiophene rings is 1. The molecule has 168 valence electrons. The van der Waals surface area contributed by atoms with Gasteiger partial charge in [0, 0.05) is 24.5 Å². The molecule has 0 bridgehead atoms. The van der Waals surface area contributed by atoms with Crippen LogP contribution in [0, 0.1) is 11.3 Å². The third-order valence-electron chi connectivity index (χ3n) is 6.26. The van der Waals surface area contributed by atoms with E-state index in [1.807, 2.05) is 66.7 Å². The monoisotopic (exact) mass is 463 g/mol. The van der Waals surface area contributed by atoms with Crippen LogP contribution >= 0.6 is 11.3 Å². The summed E-state index contributed by atoms with van der Waals surface area (Å²) in [6, 6.07) is 32.4. The minimum absolute atomic E-state index is 0.117. The van der Waals surface area contributed by atoms with Crippen LogP contribution in [0.15, 0.2) is 91.0 Å². The van der Waals surface area contributed by atoms with Gasteiger partial charge in [-0.3, -0.25) is 9.69 Å². The van der Waals surface area contributed by atoms with Gasteiger partial charge in [0.1, 0.15) is 11.1 Å². The lowest BCUT2D eigenvalue weighted by molar-refractivity contribution is -0.116. The van der Waals surface area contributed by atoms with Crippen molar-refractivity contribution in [1.82, 2.24) is 4.90 Å². The number of hydrogen-bond acceptors (Lipinski definition) is 4. The third-order valence-corrected chi connectivity index (χ3v) is 7.39. The molecule has 0 unspecified atom stereocenters. The summed E-state index contributed by atoms with van der Waals surface area (Å²) in [5.74, 6) is -0.559. The van der Waals surface area contributed by atoms with Crippen LogP contribution in [0.2, 0.25) is 0 Å². The highest BCUT2D eigenvalue weighted by molar-refractivity contribution is 7.16. The molecule has 4 nitrogen and oxygen atoms in total. The van der Waals surface area contributed by atoms with Gasteiger partial charge in [0.05, 0.1) is 11.5 Å². The highest BCUT2D eigenvalue weighted by Crippen LogP contribution is 2.38. The van der Waals surface area contributed by atoms with Gasteiger partial charge in [-0.05, 0) is 28.7 Å². The van der Waals surface area contributed by atoms with Crippen molar-refractivity contribution in [3.8, 4) is 6.07 Å². The first-order chi connectivity index (χ1) is 16.7. The fourth-order valence-corrected chi connectivity index (χ4v) is 5.85. The van der Waals surface area contributed by atoms with Crippen molar-refractivity contribution >= 4 is 22.2 Å². The first kappa shape index (κ1) is 22.1. The maximum atomic E-state index is 13.6. The van der Waals surface area contributed by atoms with E-state index in [4.69, 9.17) is 0 Å². The van der Waals surface area contributed by atoms with E-state index in [0.29, 0.717) is 10.6 Å². The molecule has 3 aromatic carbocycles. The lowest BCUT2D eigenvalue weighted by Gasteiger charge is -2.26. The van der Waals surface area contributed by atoms with Gasteiger partial charge >= 0.3 is 0 Å². The van der Waals surface area contributed by atoms with Crippen LogP contribution < -0.4 is 5.32 Å². The molecular formula is C29H25N3OS. The summed E-state index contributed by atoms with van der Waals surface area (Å²) in [5, 5.41) is 13.7. The van der Waals surface area contributed by atoms with Gasteiger partial charge in [-0.25, -0.2) is 0 Å². The molecule has 0 aliphatic carbocycles. The molecule has 0 saturated heterocycles. The van der Waals surface area contributed by atoms with Gasteiger partial charge in [0.15, 0.2) is 0 Å². The molecule has 2 heterocycles. The Labute approximate surface area is 204 Å². The van der Waals surface area contributed by atoms with Gasteiger partial charge < -0.3 is 5.32 Å². The number of nitrogens with one attached hydrogen (secondary N) is 1. The van der Waals surface area contributed by atoms with Crippen molar-refractivity contribution in [2.24, 2.45) is 0 Å². The van der Waals surface area contributed by atoms with Crippen molar-refractivity contribution in [3.05, 3.63) is 124 Å². The average Bonchev–Trinajstić information content (AvgIpc) is 3.22. The van der Waals surface area contributed by atoms with E-state index < -0.39 is 5.92 Å².